The summed E-state index contributed by atoms with van der Waals surface area (Å²) in [6, 6.07) is 9.74. The molecule has 2 aromatic rings. The molecule has 0 N–H and O–H groups in total. The lowest BCUT2D eigenvalue weighted by Crippen LogP contribution is -2.56. The monoisotopic (exact) mass is 343 g/mol. The fourth-order valence-corrected chi connectivity index (χ4v) is 2.97. The van der Waals surface area contributed by atoms with Gasteiger partial charge < -0.3 is 23.4 Å². The topological polar surface area (TPSA) is 63.0 Å². The normalized spacial score (nSPS) is 27.4. The summed E-state index contributed by atoms with van der Waals surface area (Å²) in [7, 11) is 0. The summed E-state index contributed by atoms with van der Waals surface area (Å²) in [4.78, 5) is 4.47. The molecule has 0 amide bonds. The standard InChI is InChI=1S/C19H21NO5/c1-12-18(24-17(20-12)13-7-5-4-6-8-13)23-14-9-10-21-15-11-22-19(2,3)25-16(14)15/h4-10,14-16H,11H2,1-3H3/t14-,15+,16-/m0/s1. The Balaban J connectivity index is 1.56. The molecule has 0 aliphatic carbocycles. The van der Waals surface area contributed by atoms with E-state index in [2.05, 4.69) is 4.98 Å². The van der Waals surface area contributed by atoms with Gasteiger partial charge in [0.05, 0.1) is 12.9 Å². The molecule has 6 nitrogen and oxygen atoms in total. The van der Waals surface area contributed by atoms with Crippen LogP contribution in [0.15, 0.2) is 47.1 Å². The van der Waals surface area contributed by atoms with E-state index in [9.17, 15) is 0 Å². The minimum Gasteiger partial charge on any atom is -0.493 e. The molecule has 3 atom stereocenters. The van der Waals surface area contributed by atoms with Gasteiger partial charge in [-0.1, -0.05) is 18.2 Å². The quantitative estimate of drug-likeness (QED) is 0.850. The summed E-state index contributed by atoms with van der Waals surface area (Å²) in [5, 5.41) is 0. The molecule has 1 fully saturated rings. The number of aryl methyl sites for hydroxylation is 1. The molecule has 1 saturated heterocycles. The Hall–Kier alpha value is -2.31. The van der Waals surface area contributed by atoms with Crippen molar-refractivity contribution in [2.45, 2.75) is 44.9 Å². The third-order valence-electron chi connectivity index (χ3n) is 4.24. The molecule has 0 radical (unpaired) electrons. The average molecular weight is 343 g/mol. The Morgan fingerprint density at radius 1 is 1.20 bits per heavy atom. The lowest BCUT2D eigenvalue weighted by molar-refractivity contribution is -0.317. The zero-order valence-corrected chi connectivity index (χ0v) is 14.5. The van der Waals surface area contributed by atoms with Crippen molar-refractivity contribution in [3.8, 4) is 17.4 Å². The minimum atomic E-state index is -0.678. The fraction of sp³-hybridized carbons (Fsp3) is 0.421. The molecular weight excluding hydrogens is 322 g/mol. The van der Waals surface area contributed by atoms with E-state index in [1.165, 1.54) is 0 Å². The highest BCUT2D eigenvalue weighted by atomic mass is 16.7. The predicted molar refractivity (Wildman–Crippen MR) is 90.0 cm³/mol. The van der Waals surface area contributed by atoms with Crippen LogP contribution in [-0.2, 0) is 14.2 Å². The molecule has 6 heteroatoms. The van der Waals surface area contributed by atoms with Gasteiger partial charge in [-0.3, -0.25) is 0 Å². The summed E-state index contributed by atoms with van der Waals surface area (Å²) in [6.45, 7) is 6.07. The summed E-state index contributed by atoms with van der Waals surface area (Å²) in [5.41, 5.74) is 1.60. The molecule has 0 unspecified atom stereocenters. The van der Waals surface area contributed by atoms with Crippen LogP contribution in [0.5, 0.6) is 5.95 Å². The Morgan fingerprint density at radius 2 is 2.00 bits per heavy atom. The summed E-state index contributed by atoms with van der Waals surface area (Å²) < 4.78 is 29.2. The van der Waals surface area contributed by atoms with E-state index in [0.29, 0.717) is 24.1 Å². The van der Waals surface area contributed by atoms with Crippen LogP contribution >= 0.6 is 0 Å². The number of nitrogens with zero attached hydrogens (tertiary/aromatic N) is 1. The average Bonchev–Trinajstić information content (AvgIpc) is 2.96. The SMILES string of the molecule is Cc1nc(-c2ccccc2)oc1O[C@H]1C=CO[C@@H]2COC(C)(C)O[C@@H]12. The molecule has 1 aromatic heterocycles. The Labute approximate surface area is 146 Å². The van der Waals surface area contributed by atoms with Crippen molar-refractivity contribution in [2.75, 3.05) is 6.61 Å². The van der Waals surface area contributed by atoms with Gasteiger partial charge >= 0.3 is 5.95 Å². The molecule has 2 aliphatic rings. The minimum absolute atomic E-state index is 0.208. The van der Waals surface area contributed by atoms with E-state index in [1.54, 1.807) is 6.26 Å². The highest BCUT2D eigenvalue weighted by Crippen LogP contribution is 2.33. The first-order chi connectivity index (χ1) is 12.0. The maximum absolute atomic E-state index is 6.07. The lowest BCUT2D eigenvalue weighted by atomic mass is 10.0. The van der Waals surface area contributed by atoms with Gasteiger partial charge in [-0.25, -0.2) is 4.98 Å². The van der Waals surface area contributed by atoms with Gasteiger partial charge in [-0.15, -0.1) is 0 Å². The van der Waals surface area contributed by atoms with Crippen LogP contribution in [0.4, 0.5) is 0 Å². The second-order valence-electron chi connectivity index (χ2n) is 6.64. The number of hydrogen-bond donors (Lipinski definition) is 0. The maximum atomic E-state index is 6.07. The zero-order chi connectivity index (χ0) is 17.4. The Morgan fingerprint density at radius 3 is 2.80 bits per heavy atom. The van der Waals surface area contributed by atoms with Crippen LogP contribution < -0.4 is 4.74 Å². The van der Waals surface area contributed by atoms with Gasteiger partial charge in [-0.05, 0) is 39.0 Å². The van der Waals surface area contributed by atoms with Crippen molar-refractivity contribution >= 4 is 0 Å². The molecule has 0 bridgehead atoms. The number of oxazole rings is 1. The van der Waals surface area contributed by atoms with Crippen molar-refractivity contribution in [2.24, 2.45) is 0 Å². The van der Waals surface area contributed by atoms with Gasteiger partial charge in [0.25, 0.3) is 0 Å². The Bertz CT molecular complexity index is 767. The molecule has 4 rings (SSSR count). The first kappa shape index (κ1) is 16.2. The van der Waals surface area contributed by atoms with Crippen LogP contribution in [0.1, 0.15) is 19.5 Å². The van der Waals surface area contributed by atoms with E-state index in [1.807, 2.05) is 57.2 Å². The van der Waals surface area contributed by atoms with Crippen LogP contribution in [0.25, 0.3) is 11.5 Å². The molecule has 2 aliphatic heterocycles. The van der Waals surface area contributed by atoms with E-state index < -0.39 is 5.79 Å². The van der Waals surface area contributed by atoms with Crippen molar-refractivity contribution in [3.05, 3.63) is 48.4 Å². The maximum Gasteiger partial charge on any atom is 0.309 e. The molecule has 0 saturated carbocycles. The summed E-state index contributed by atoms with van der Waals surface area (Å²) in [5.74, 6) is 0.249. The fourth-order valence-electron chi connectivity index (χ4n) is 2.97. The smallest absolute Gasteiger partial charge is 0.309 e. The molecule has 132 valence electrons. The van der Waals surface area contributed by atoms with Gasteiger partial charge in [0, 0.05) is 5.56 Å². The lowest BCUT2D eigenvalue weighted by Gasteiger charge is -2.43. The van der Waals surface area contributed by atoms with Crippen LogP contribution in [0, 0.1) is 6.92 Å². The first-order valence-electron chi connectivity index (χ1n) is 8.35. The number of hydrogen-bond acceptors (Lipinski definition) is 6. The van der Waals surface area contributed by atoms with Gasteiger partial charge in [0.1, 0.15) is 11.8 Å². The van der Waals surface area contributed by atoms with Gasteiger partial charge in [0.15, 0.2) is 18.0 Å². The third kappa shape index (κ3) is 3.27. The number of fused-ring (bicyclic) bond motifs is 1. The van der Waals surface area contributed by atoms with Crippen molar-refractivity contribution < 1.29 is 23.4 Å². The largest absolute Gasteiger partial charge is 0.493 e. The van der Waals surface area contributed by atoms with E-state index in [0.717, 1.165) is 5.56 Å². The molecule has 25 heavy (non-hydrogen) atoms. The van der Waals surface area contributed by atoms with Crippen LogP contribution in [-0.4, -0.2) is 35.7 Å². The highest BCUT2D eigenvalue weighted by Gasteiger charge is 2.44. The second kappa shape index (κ2) is 6.20. The van der Waals surface area contributed by atoms with E-state index >= 15 is 0 Å². The van der Waals surface area contributed by atoms with Crippen molar-refractivity contribution in [1.82, 2.24) is 4.98 Å². The van der Waals surface area contributed by atoms with E-state index in [-0.39, 0.29) is 18.3 Å². The zero-order valence-electron chi connectivity index (χ0n) is 14.5. The number of benzene rings is 1. The van der Waals surface area contributed by atoms with Crippen molar-refractivity contribution in [3.63, 3.8) is 0 Å². The van der Waals surface area contributed by atoms with Gasteiger partial charge in [0.2, 0.25) is 5.89 Å². The summed E-state index contributed by atoms with van der Waals surface area (Å²) >= 11 is 0. The number of ether oxygens (including phenoxy) is 4. The summed E-state index contributed by atoms with van der Waals surface area (Å²) in [6.07, 6.45) is 2.63. The number of rotatable bonds is 3. The number of aromatic nitrogens is 1. The van der Waals surface area contributed by atoms with Crippen molar-refractivity contribution in [1.29, 1.82) is 0 Å². The third-order valence-corrected chi connectivity index (χ3v) is 4.24. The van der Waals surface area contributed by atoms with Gasteiger partial charge in [-0.2, -0.15) is 0 Å². The Kier molecular flexibility index (Phi) is 4.01. The van der Waals surface area contributed by atoms with Crippen LogP contribution in [0.2, 0.25) is 0 Å². The van der Waals surface area contributed by atoms with E-state index in [4.69, 9.17) is 23.4 Å². The molecule has 3 heterocycles. The predicted octanol–water partition coefficient (Wildman–Crippen LogP) is 3.46. The highest BCUT2D eigenvalue weighted by molar-refractivity contribution is 5.53. The first-order valence-corrected chi connectivity index (χ1v) is 8.35. The second-order valence-corrected chi connectivity index (χ2v) is 6.64. The van der Waals surface area contributed by atoms with Crippen LogP contribution in [0.3, 0.4) is 0 Å². The molecule has 0 spiro atoms. The molecular formula is C19H21NO5. The molecule has 1 aromatic carbocycles.